The van der Waals surface area contributed by atoms with Crippen molar-refractivity contribution in [3.8, 4) is 0 Å². The third-order valence-electron chi connectivity index (χ3n) is 11.6. The maximum atomic E-state index is 14.2. The summed E-state index contributed by atoms with van der Waals surface area (Å²) in [6.07, 6.45) is -54.8. The number of nitrogens with zero attached hydrogens (tertiary/aromatic N) is 1. The number of hydrogen-bond acceptors (Lipinski definition) is 0. The first kappa shape index (κ1) is 59.3. The summed E-state index contributed by atoms with van der Waals surface area (Å²) in [5.41, 5.74) is -27.7. The second kappa shape index (κ2) is 20.5. The molecule has 1 nitrogen and oxygen atoms in total. The maximum Gasteiger partial charge on any atom is 0.416 e. The van der Waals surface area contributed by atoms with E-state index in [2.05, 4.69) is 91.0 Å². The van der Waals surface area contributed by atoms with Gasteiger partial charge in [0.2, 0.25) is 10.1 Å². The molecule has 0 aliphatic carbocycles. The molecule has 1 aromatic heterocycles. The van der Waals surface area contributed by atoms with Crippen LogP contribution in [0.2, 0.25) is 0 Å². The molecule has 0 N–H and O–H groups in total. The van der Waals surface area contributed by atoms with Crippen LogP contribution < -0.4 is 26.4 Å². The molecule has 0 unspecified atom stereocenters. The van der Waals surface area contributed by atoms with E-state index in [1.165, 1.54) is 16.5 Å². The van der Waals surface area contributed by atoms with Crippen molar-refractivity contribution >= 4 is 70.8 Å². The van der Waals surface area contributed by atoms with Gasteiger partial charge in [-0.15, -0.1) is 0 Å². The van der Waals surface area contributed by atoms with E-state index in [4.69, 9.17) is 0 Å². The lowest BCUT2D eigenvalue weighted by Gasteiger charge is -2.46. The predicted octanol–water partition coefficient (Wildman–Crippen LogP) is 15.9. The van der Waals surface area contributed by atoms with Crippen molar-refractivity contribution in [1.82, 2.24) is 0 Å². The van der Waals surface area contributed by atoms with Crippen LogP contribution in [0.4, 0.5) is 105 Å². The van der Waals surface area contributed by atoms with Gasteiger partial charge in [0, 0.05) is 38.1 Å². The lowest BCUT2D eigenvalue weighted by Crippen LogP contribution is -2.75. The van der Waals surface area contributed by atoms with E-state index in [0.29, 0.717) is 0 Å². The van der Waals surface area contributed by atoms with Gasteiger partial charge >= 0.3 is 49.4 Å². The van der Waals surface area contributed by atoms with Crippen LogP contribution in [0, 0.1) is 0 Å². The minimum atomic E-state index is -6.13. The predicted molar refractivity (Wildman–Crippen MR) is 235 cm³/mol. The first-order chi connectivity index (χ1) is 34.5. The zero-order chi connectivity index (χ0) is 57.2. The average Bonchev–Trinajstić information content (AvgIpc) is 3.28. The molecule has 0 fully saturated rings. The van der Waals surface area contributed by atoms with E-state index >= 15 is 0 Å². The van der Waals surface area contributed by atoms with Crippen LogP contribution >= 0.6 is 31.9 Å². The van der Waals surface area contributed by atoms with Crippen LogP contribution in [-0.2, 0) is 56.0 Å². The van der Waals surface area contributed by atoms with Crippen LogP contribution in [0.1, 0.15) is 50.1 Å². The minimum absolute atomic E-state index is 0.691. The summed E-state index contributed by atoms with van der Waals surface area (Å²) in [6, 6.07) is 12.2. The first-order valence-electron chi connectivity index (χ1n) is 20.7. The molecule has 0 saturated carbocycles. The Labute approximate surface area is 427 Å². The van der Waals surface area contributed by atoms with Gasteiger partial charge < -0.3 is 0 Å². The van der Waals surface area contributed by atoms with E-state index in [1.54, 1.807) is 0 Å². The van der Waals surface area contributed by atoms with E-state index in [-0.39, 0.29) is 0 Å². The molecule has 0 radical (unpaired) electrons. The van der Waals surface area contributed by atoms with Crippen molar-refractivity contribution in [2.24, 2.45) is 0 Å². The molecule has 0 spiro atoms. The van der Waals surface area contributed by atoms with Crippen molar-refractivity contribution < 1.29 is 110 Å². The van der Waals surface area contributed by atoms with Crippen LogP contribution in [0.5, 0.6) is 0 Å². The highest BCUT2D eigenvalue weighted by molar-refractivity contribution is 9.10. The van der Waals surface area contributed by atoms with Crippen molar-refractivity contribution in [3.05, 3.63) is 193 Å². The number of pyridine rings is 1. The molecule has 76 heavy (non-hydrogen) atoms. The lowest BCUT2D eigenvalue weighted by molar-refractivity contribution is -0.673. The summed E-state index contributed by atoms with van der Waals surface area (Å²) in [5.74, 6) is 0. The number of benzene rings is 6. The van der Waals surface area contributed by atoms with Crippen LogP contribution in [0.25, 0.3) is 10.9 Å². The molecule has 0 aliphatic heterocycles. The summed E-state index contributed by atoms with van der Waals surface area (Å²) in [4.78, 5) is 0. The molecule has 0 bridgehead atoms. The number of fused-ring (bicyclic) bond motifs is 1. The Morgan fingerprint density at radius 1 is 0.316 bits per heavy atom. The van der Waals surface area contributed by atoms with Crippen LogP contribution in [-0.4, -0.2) is 6.15 Å². The van der Waals surface area contributed by atoms with E-state index in [1.807, 2.05) is 6.07 Å². The standard InChI is InChI=1S/C32H12BF24.C16H12Br2N/c34-25(35,36)13-1-14(26(37,38)39)6-21(5-13)33(22-7-15(27(40,41)42)2-16(8-22)28(43,44)45,23-9-17(29(46,47)48)3-18(10-23)30(49,50)51)24-11-19(31(52,53)54)4-20(12-24)32(55,56)57;17-14-7-4-8-15-13(14)9-10-16(18)19(15)11-12-5-2-1-3-6-12/h1-12H;1-10H,11H2/q-1;+1. The van der Waals surface area contributed by atoms with Gasteiger partial charge in [0.25, 0.3) is 0 Å². The third-order valence-corrected chi connectivity index (χ3v) is 13.0. The molecule has 1 heterocycles. The quantitative estimate of drug-likeness (QED) is 0.0676. The fourth-order valence-electron chi connectivity index (χ4n) is 8.28. The van der Waals surface area contributed by atoms with E-state index < -0.39 is 195 Å². The molecule has 0 atom stereocenters. The van der Waals surface area contributed by atoms with Gasteiger partial charge in [0.1, 0.15) is 6.15 Å². The Morgan fingerprint density at radius 2 is 0.592 bits per heavy atom. The smallest absolute Gasteiger partial charge is 0.194 e. The van der Waals surface area contributed by atoms with Gasteiger partial charge in [-0.25, -0.2) is 0 Å². The zero-order valence-electron chi connectivity index (χ0n) is 36.8. The van der Waals surface area contributed by atoms with E-state index in [9.17, 15) is 105 Å². The molecule has 28 heteroatoms. The van der Waals surface area contributed by atoms with Gasteiger partial charge in [-0.05, 0) is 52.3 Å². The van der Waals surface area contributed by atoms with Gasteiger partial charge in [-0.3, -0.25) is 0 Å². The van der Waals surface area contributed by atoms with Gasteiger partial charge in [-0.2, -0.15) is 132 Å². The summed E-state index contributed by atoms with van der Waals surface area (Å²) in [5, 5.41) is 1.22. The third kappa shape index (κ3) is 13.1. The van der Waals surface area contributed by atoms with Gasteiger partial charge in [0.15, 0.2) is 6.54 Å². The minimum Gasteiger partial charge on any atom is -0.194 e. The van der Waals surface area contributed by atoms with E-state index in [0.717, 1.165) is 15.6 Å². The monoisotopic (exact) mass is 1240 g/mol. The Balaban J connectivity index is 0.000000408. The van der Waals surface area contributed by atoms with Crippen molar-refractivity contribution in [3.63, 3.8) is 0 Å². The molecular weight excluding hydrogens is 1220 g/mol. The number of alkyl halides is 24. The highest BCUT2D eigenvalue weighted by Crippen LogP contribution is 2.41. The first-order valence-corrected chi connectivity index (χ1v) is 22.3. The molecule has 6 aromatic carbocycles. The highest BCUT2D eigenvalue weighted by atomic mass is 79.9. The SMILES string of the molecule is Brc1cccc2c1ccc(Br)[n+]2Cc1ccccc1.FC(F)(F)c1cc([B-](c2cc(C(F)(F)F)cc(C(F)(F)F)c2)(c2cc(C(F)(F)F)cc(C(F)(F)F)c2)c2cc(C(F)(F)F)cc(C(F)(F)F)c2)cc(C(F)(F)F)c1. The van der Waals surface area contributed by atoms with Crippen LogP contribution in [0.15, 0.2) is 143 Å². The topological polar surface area (TPSA) is 3.88 Å². The summed E-state index contributed by atoms with van der Waals surface area (Å²) in [7, 11) is 0. The number of aromatic nitrogens is 1. The fraction of sp³-hybridized carbons (Fsp3) is 0.188. The van der Waals surface area contributed by atoms with Crippen molar-refractivity contribution in [2.75, 3.05) is 0 Å². The summed E-state index contributed by atoms with van der Waals surface area (Å²) < 4.78 is 345. The van der Waals surface area contributed by atoms with Crippen molar-refractivity contribution in [2.45, 2.75) is 56.0 Å². The molecule has 7 aromatic rings. The number of rotatable bonds is 6. The molecule has 406 valence electrons. The Morgan fingerprint density at radius 3 is 0.855 bits per heavy atom. The largest absolute Gasteiger partial charge is 0.416 e. The highest BCUT2D eigenvalue weighted by Gasteiger charge is 2.47. The maximum absolute atomic E-state index is 14.2. The summed E-state index contributed by atoms with van der Waals surface area (Å²) >= 11 is 7.26. The second-order valence-electron chi connectivity index (χ2n) is 16.6. The van der Waals surface area contributed by atoms with Gasteiger partial charge in [0.05, 0.1) is 49.9 Å². The lowest BCUT2D eigenvalue weighted by atomic mass is 9.12. The zero-order valence-corrected chi connectivity index (χ0v) is 39.9. The van der Waals surface area contributed by atoms with Crippen molar-refractivity contribution in [1.29, 1.82) is 0 Å². The number of halogens is 26. The fourth-order valence-corrected chi connectivity index (χ4v) is 9.22. The molecule has 0 saturated heterocycles. The molecule has 7 rings (SSSR count). The van der Waals surface area contributed by atoms with Crippen LogP contribution in [0.3, 0.4) is 0 Å². The Bertz CT molecular complexity index is 2820. The number of hydrogen-bond donors (Lipinski definition) is 0. The summed E-state index contributed by atoms with van der Waals surface area (Å²) in [6.45, 7) is 0.856. The molecule has 0 amide bonds. The van der Waals surface area contributed by atoms with Gasteiger partial charge in [-0.1, -0.05) is 84.9 Å². The normalized spacial score (nSPS) is 13.4. The Kier molecular flexibility index (Phi) is 16.0. The Hall–Kier alpha value is -5.93. The molecule has 0 aliphatic rings. The second-order valence-corrected chi connectivity index (χ2v) is 18.3. The molecular formula is C48H24BBr2F24N. The average molecular weight is 1240 g/mol.